The molecule has 228 valence electrons. The Hall–Kier alpha value is -2.95. The van der Waals surface area contributed by atoms with Gasteiger partial charge >= 0.3 is 6.03 Å². The third kappa shape index (κ3) is 6.76. The number of rotatable bonds is 6. The topological polar surface area (TPSA) is 95.4 Å². The number of fused-ring (bicyclic) bond motifs is 2. The van der Waals surface area contributed by atoms with Crippen molar-refractivity contribution in [2.24, 2.45) is 0 Å². The standard InChI is InChI=1S/C32H39BrClN7O2/c1-21-35-11-13-39(21)14-12-36-31(42)28-20-40(15-16-41(28)32(43)38-26-5-3-2-4-6-26)30-27-10-9-25(34)18-22(27)7-8-23-17-24(33)19-37-29(23)30/h9-11,13,17-19,26,28,30H,2-8,12,14-16,20H2,1H3,(H,36,42)(H,38,43)/t28-,30?/m1/s1. The maximum Gasteiger partial charge on any atom is 0.318 e. The molecule has 2 N–H and O–H groups in total. The molecule has 1 aromatic carbocycles. The summed E-state index contributed by atoms with van der Waals surface area (Å²) in [5.41, 5.74) is 4.54. The molecular weight excluding hydrogens is 630 g/mol. The second kappa shape index (κ2) is 13.4. The van der Waals surface area contributed by atoms with Crippen molar-refractivity contribution in [2.75, 3.05) is 26.2 Å². The van der Waals surface area contributed by atoms with Crippen LogP contribution in [0.25, 0.3) is 0 Å². The lowest BCUT2D eigenvalue weighted by Gasteiger charge is -2.44. The van der Waals surface area contributed by atoms with Crippen LogP contribution in [-0.2, 0) is 24.2 Å². The molecule has 1 saturated heterocycles. The number of nitrogens with one attached hydrogen (secondary N) is 2. The van der Waals surface area contributed by atoms with Gasteiger partial charge in [-0.15, -0.1) is 0 Å². The van der Waals surface area contributed by atoms with Crippen LogP contribution >= 0.6 is 27.5 Å². The van der Waals surface area contributed by atoms with E-state index in [-0.39, 0.29) is 24.0 Å². The lowest BCUT2D eigenvalue weighted by Crippen LogP contribution is -2.63. The van der Waals surface area contributed by atoms with E-state index < -0.39 is 6.04 Å². The van der Waals surface area contributed by atoms with Crippen molar-refractivity contribution in [3.05, 3.63) is 80.6 Å². The van der Waals surface area contributed by atoms with Crippen molar-refractivity contribution in [1.29, 1.82) is 0 Å². The SMILES string of the molecule is Cc1nccn1CCNC(=O)[C@H]1CN(C2c3ccc(Cl)cc3CCc3cc(Br)cnc32)CCN1C(=O)NC1CCCCC1. The normalized spacial score (nSPS) is 21.0. The molecular formula is C32H39BrClN7O2. The highest BCUT2D eigenvalue weighted by molar-refractivity contribution is 9.10. The van der Waals surface area contributed by atoms with Crippen molar-refractivity contribution in [3.63, 3.8) is 0 Å². The van der Waals surface area contributed by atoms with Crippen LogP contribution in [0.2, 0.25) is 5.02 Å². The van der Waals surface area contributed by atoms with Crippen molar-refractivity contribution >= 4 is 39.5 Å². The monoisotopic (exact) mass is 667 g/mol. The van der Waals surface area contributed by atoms with E-state index in [1.807, 2.05) is 30.0 Å². The number of urea groups is 1. The lowest BCUT2D eigenvalue weighted by atomic mass is 9.95. The van der Waals surface area contributed by atoms with E-state index in [0.29, 0.717) is 37.7 Å². The molecule has 3 aromatic rings. The number of hydrogen-bond donors (Lipinski definition) is 2. The zero-order valence-corrected chi connectivity index (χ0v) is 26.9. The largest absolute Gasteiger partial charge is 0.352 e. The van der Waals surface area contributed by atoms with Gasteiger partial charge in [-0.2, -0.15) is 0 Å². The first kappa shape index (κ1) is 30.1. The molecule has 2 fully saturated rings. The van der Waals surface area contributed by atoms with Gasteiger partial charge in [0.1, 0.15) is 11.9 Å². The zero-order valence-electron chi connectivity index (χ0n) is 24.6. The van der Waals surface area contributed by atoms with Crippen LogP contribution in [0.4, 0.5) is 4.79 Å². The van der Waals surface area contributed by atoms with Gasteiger partial charge in [-0.05, 0) is 83.4 Å². The van der Waals surface area contributed by atoms with Gasteiger partial charge < -0.3 is 20.1 Å². The molecule has 9 nitrogen and oxygen atoms in total. The summed E-state index contributed by atoms with van der Waals surface area (Å²) < 4.78 is 2.96. The Bertz CT molecular complexity index is 1420. The Kier molecular flexibility index (Phi) is 9.35. The van der Waals surface area contributed by atoms with Crippen LogP contribution in [0.3, 0.4) is 0 Å². The summed E-state index contributed by atoms with van der Waals surface area (Å²) in [6, 6.07) is 7.48. The average molecular weight is 669 g/mol. The molecule has 2 atom stereocenters. The van der Waals surface area contributed by atoms with Gasteiger partial charge in [-0.1, -0.05) is 36.9 Å². The minimum Gasteiger partial charge on any atom is -0.352 e. The van der Waals surface area contributed by atoms with Gasteiger partial charge in [0.15, 0.2) is 0 Å². The fraction of sp³-hybridized carbons (Fsp3) is 0.500. The Morgan fingerprint density at radius 2 is 1.88 bits per heavy atom. The molecule has 1 aliphatic heterocycles. The number of benzene rings is 1. The number of amides is 3. The summed E-state index contributed by atoms with van der Waals surface area (Å²) in [6.45, 7) is 4.49. The van der Waals surface area contributed by atoms with Crippen molar-refractivity contribution in [3.8, 4) is 0 Å². The summed E-state index contributed by atoms with van der Waals surface area (Å²) in [5, 5.41) is 7.09. The second-order valence-corrected chi connectivity index (χ2v) is 13.2. The molecule has 1 unspecified atom stereocenters. The number of aromatic nitrogens is 3. The smallest absolute Gasteiger partial charge is 0.318 e. The summed E-state index contributed by atoms with van der Waals surface area (Å²) in [7, 11) is 0. The highest BCUT2D eigenvalue weighted by Crippen LogP contribution is 2.38. The molecule has 3 heterocycles. The molecule has 2 aromatic heterocycles. The fourth-order valence-electron chi connectivity index (χ4n) is 6.85. The molecule has 0 spiro atoms. The van der Waals surface area contributed by atoms with Crippen LogP contribution in [-0.4, -0.2) is 74.5 Å². The first-order valence-electron chi connectivity index (χ1n) is 15.4. The molecule has 1 saturated carbocycles. The Balaban J connectivity index is 1.28. The molecule has 0 bridgehead atoms. The number of pyridine rings is 1. The average Bonchev–Trinajstić information content (AvgIpc) is 3.35. The van der Waals surface area contributed by atoms with Crippen molar-refractivity contribution < 1.29 is 9.59 Å². The Morgan fingerprint density at radius 3 is 2.67 bits per heavy atom. The number of hydrogen-bond acceptors (Lipinski definition) is 5. The number of carbonyl (C=O) groups is 2. The third-order valence-corrected chi connectivity index (χ3v) is 9.81. The van der Waals surface area contributed by atoms with Gasteiger partial charge in [0.2, 0.25) is 5.91 Å². The molecule has 11 heteroatoms. The van der Waals surface area contributed by atoms with Gasteiger partial charge in [-0.25, -0.2) is 9.78 Å². The number of aryl methyl sites for hydroxylation is 3. The van der Waals surface area contributed by atoms with Gasteiger partial charge in [-0.3, -0.25) is 14.7 Å². The van der Waals surface area contributed by atoms with E-state index in [9.17, 15) is 9.59 Å². The molecule has 43 heavy (non-hydrogen) atoms. The number of halogens is 2. The summed E-state index contributed by atoms with van der Waals surface area (Å²) in [4.78, 5) is 40.8. The van der Waals surface area contributed by atoms with Crippen LogP contribution < -0.4 is 10.6 Å². The predicted octanol–water partition coefficient (Wildman–Crippen LogP) is 5.04. The fourth-order valence-corrected chi connectivity index (χ4v) is 7.42. The highest BCUT2D eigenvalue weighted by atomic mass is 79.9. The molecule has 3 amide bonds. The van der Waals surface area contributed by atoms with Crippen LogP contribution in [0, 0.1) is 6.92 Å². The first-order valence-corrected chi connectivity index (χ1v) is 16.5. The maximum absolute atomic E-state index is 13.9. The summed E-state index contributed by atoms with van der Waals surface area (Å²) >= 11 is 10.1. The lowest BCUT2D eigenvalue weighted by molar-refractivity contribution is -0.127. The van der Waals surface area contributed by atoms with Crippen LogP contribution in [0.15, 0.2) is 47.3 Å². The highest BCUT2D eigenvalue weighted by Gasteiger charge is 2.40. The van der Waals surface area contributed by atoms with E-state index in [1.165, 1.54) is 17.5 Å². The maximum atomic E-state index is 13.9. The van der Waals surface area contributed by atoms with Crippen LogP contribution in [0.1, 0.15) is 66.4 Å². The summed E-state index contributed by atoms with van der Waals surface area (Å²) in [6.07, 6.45) is 12.7. The number of imidazole rings is 1. The van der Waals surface area contributed by atoms with Gasteiger partial charge in [0.25, 0.3) is 0 Å². The molecule has 2 aliphatic carbocycles. The van der Waals surface area contributed by atoms with Gasteiger partial charge in [0.05, 0.1) is 11.7 Å². The Labute approximate surface area is 266 Å². The quantitative estimate of drug-likeness (QED) is 0.384. The number of carbonyl (C=O) groups excluding carboxylic acids is 2. The minimum atomic E-state index is -0.640. The van der Waals surface area contributed by atoms with E-state index in [0.717, 1.165) is 60.1 Å². The third-order valence-electron chi connectivity index (χ3n) is 9.14. The van der Waals surface area contributed by atoms with E-state index in [4.69, 9.17) is 16.6 Å². The zero-order chi connectivity index (χ0) is 29.9. The molecule has 3 aliphatic rings. The van der Waals surface area contributed by atoms with Crippen LogP contribution in [0.5, 0.6) is 0 Å². The molecule has 0 radical (unpaired) electrons. The minimum absolute atomic E-state index is 0.143. The number of piperazine rings is 1. The van der Waals surface area contributed by atoms with Gasteiger partial charge in [0, 0.05) is 66.9 Å². The molecule has 6 rings (SSSR count). The Morgan fingerprint density at radius 1 is 1.07 bits per heavy atom. The van der Waals surface area contributed by atoms with Crippen molar-refractivity contribution in [1.82, 2.24) is 35.0 Å². The van der Waals surface area contributed by atoms with Crippen molar-refractivity contribution in [2.45, 2.75) is 76.5 Å². The second-order valence-electron chi connectivity index (χ2n) is 11.9. The van der Waals surface area contributed by atoms with E-state index in [2.05, 4.69) is 54.6 Å². The predicted molar refractivity (Wildman–Crippen MR) is 170 cm³/mol. The number of nitrogens with zero attached hydrogens (tertiary/aromatic N) is 5. The summed E-state index contributed by atoms with van der Waals surface area (Å²) in [5.74, 6) is 0.756. The van der Waals surface area contributed by atoms with E-state index in [1.54, 1.807) is 11.1 Å². The van der Waals surface area contributed by atoms with E-state index >= 15 is 0 Å². The first-order chi connectivity index (χ1) is 20.9.